The monoisotopic (exact) mass is 917 g/mol. The van der Waals surface area contributed by atoms with Crippen LogP contribution in [-0.2, 0) is 27.4 Å². The number of ether oxygens (including phenoxy) is 2. The van der Waals surface area contributed by atoms with Gasteiger partial charge in [-0.25, -0.2) is 27.2 Å². The van der Waals surface area contributed by atoms with Gasteiger partial charge >= 0.3 is 24.9 Å². The van der Waals surface area contributed by atoms with Crippen molar-refractivity contribution < 1.29 is 68.2 Å². The number of ketones is 1. The molecule has 2 fully saturated rings. The van der Waals surface area contributed by atoms with Gasteiger partial charge in [0.2, 0.25) is 5.89 Å². The third kappa shape index (κ3) is 12.6. The lowest BCUT2D eigenvalue weighted by Gasteiger charge is -2.33. The quantitative estimate of drug-likeness (QED) is 0.0998. The predicted octanol–water partition coefficient (Wildman–Crippen LogP) is 7.40. The average molecular weight is 918 g/mol. The van der Waals surface area contributed by atoms with E-state index in [0.29, 0.717) is 52.6 Å². The van der Waals surface area contributed by atoms with Crippen molar-refractivity contribution in [2.45, 2.75) is 25.9 Å². The maximum Gasteiger partial charge on any atom is 0.324 e. The number of morpholine rings is 2. The first-order valence-corrected chi connectivity index (χ1v) is 19.8. The Morgan fingerprint density at radius 3 is 1.60 bits per heavy atom. The first-order chi connectivity index (χ1) is 31.2. The molecule has 2 saturated heterocycles. The highest BCUT2D eigenvalue weighted by Gasteiger charge is 2.28. The Balaban J connectivity index is 0.000000215. The van der Waals surface area contributed by atoms with Gasteiger partial charge in [-0.3, -0.25) is 19.4 Å². The van der Waals surface area contributed by atoms with Gasteiger partial charge in [-0.1, -0.05) is 30.3 Å². The number of halogens is 8. The summed E-state index contributed by atoms with van der Waals surface area (Å²) in [5.74, 6) is -6.12. The molecule has 1 N–H and O–H groups in total. The third-order valence-electron chi connectivity index (χ3n) is 9.85. The second-order valence-electron chi connectivity index (χ2n) is 14.2. The minimum atomic E-state index is -3.27. The van der Waals surface area contributed by atoms with Crippen LogP contribution in [0.25, 0.3) is 11.5 Å². The van der Waals surface area contributed by atoms with Crippen molar-refractivity contribution in [2.24, 2.45) is 0 Å². The minimum absolute atomic E-state index is 0.0500. The highest BCUT2D eigenvalue weighted by molar-refractivity contribution is 5.99. The second kappa shape index (κ2) is 22.1. The second-order valence-corrected chi connectivity index (χ2v) is 14.2. The summed E-state index contributed by atoms with van der Waals surface area (Å²) >= 11 is 0. The summed E-state index contributed by atoms with van der Waals surface area (Å²) in [4.78, 5) is 54.8. The summed E-state index contributed by atoms with van der Waals surface area (Å²) in [5.41, 5.74) is 0.650. The Morgan fingerprint density at radius 2 is 1.15 bits per heavy atom. The predicted molar refractivity (Wildman–Crippen MR) is 215 cm³/mol. The first-order valence-electron chi connectivity index (χ1n) is 19.8. The molecule has 5 aromatic rings. The van der Waals surface area contributed by atoms with Gasteiger partial charge in [-0.2, -0.15) is 17.6 Å². The van der Waals surface area contributed by atoms with E-state index in [1.807, 2.05) is 0 Å². The normalized spacial score (nSPS) is 13.9. The maximum atomic E-state index is 14.9. The summed E-state index contributed by atoms with van der Waals surface area (Å²) in [6, 6.07) is 17.2. The van der Waals surface area contributed by atoms with Crippen LogP contribution in [0.2, 0.25) is 0 Å². The van der Waals surface area contributed by atoms with Crippen LogP contribution in [0.5, 0.6) is 0 Å². The summed E-state index contributed by atoms with van der Waals surface area (Å²) < 4.78 is 122. The Hall–Kier alpha value is -6.94. The van der Waals surface area contributed by atoms with Gasteiger partial charge in [0.15, 0.2) is 5.78 Å². The minimum Gasteiger partial charge on any atom is -0.415 e. The maximum absolute atomic E-state index is 14.9. The van der Waals surface area contributed by atoms with Crippen molar-refractivity contribution in [1.82, 2.24) is 25.3 Å². The molecule has 0 bridgehead atoms. The number of anilines is 2. The van der Waals surface area contributed by atoms with Crippen LogP contribution < -0.4 is 15.1 Å². The molecule has 7 rings (SSSR count). The number of benzene rings is 4. The smallest absolute Gasteiger partial charge is 0.324 e. The van der Waals surface area contributed by atoms with Crippen LogP contribution in [0, 0.1) is 23.3 Å². The highest BCUT2D eigenvalue weighted by Crippen LogP contribution is 2.28. The molecule has 0 radical (unpaired) electrons. The Labute approximate surface area is 365 Å². The summed E-state index contributed by atoms with van der Waals surface area (Å²) in [6.45, 7) is 1.65. The van der Waals surface area contributed by atoms with E-state index in [1.165, 1.54) is 75.4 Å². The number of Topliss-reactive ketones (excluding diaryl/α,β-unsaturated/α-hetero) is 1. The number of hydrogen-bond donors (Lipinski definition) is 1. The first kappa shape index (κ1) is 47.5. The van der Waals surface area contributed by atoms with Gasteiger partial charge in [0.1, 0.15) is 23.3 Å². The number of alkyl halides is 4. The van der Waals surface area contributed by atoms with E-state index in [9.17, 15) is 54.3 Å². The van der Waals surface area contributed by atoms with Gasteiger partial charge in [-0.15, -0.1) is 10.2 Å². The fraction of sp³-hybridized carbons (Fsp3) is 0.302. The van der Waals surface area contributed by atoms with E-state index < -0.39 is 72.3 Å². The molecule has 14 nitrogen and oxygen atoms in total. The van der Waals surface area contributed by atoms with Gasteiger partial charge < -0.3 is 29.0 Å². The molecule has 0 aliphatic carbocycles. The number of nitrogens with one attached hydrogen (secondary N) is 1. The molecule has 2 aliphatic heterocycles. The SMILES string of the molecule is O=C(CNC(=O)C(F)F)c1ccc(CN(C(=O)N2CCOCC2)c2cccc(F)c2)c(F)c1.O=C(N1CCOCC1)N(Cc1ccc(-c2nnc(C(F)F)o2)cc1F)c1cccc(F)c1. The molecular weight excluding hydrogens is 878 g/mol. The topological polar surface area (TPSA) is 151 Å². The molecule has 1 aromatic heterocycles. The zero-order valence-corrected chi connectivity index (χ0v) is 34.1. The van der Waals surface area contributed by atoms with E-state index in [0.717, 1.165) is 18.2 Å². The highest BCUT2D eigenvalue weighted by atomic mass is 19.3. The van der Waals surface area contributed by atoms with E-state index in [4.69, 9.17) is 13.9 Å². The van der Waals surface area contributed by atoms with Crippen LogP contribution in [0.15, 0.2) is 89.3 Å². The zero-order valence-electron chi connectivity index (χ0n) is 34.1. The van der Waals surface area contributed by atoms with Crippen molar-refractivity contribution in [3.05, 3.63) is 131 Å². The Kier molecular flexibility index (Phi) is 16.2. The Morgan fingerprint density at radius 1 is 0.646 bits per heavy atom. The molecule has 0 spiro atoms. The van der Waals surface area contributed by atoms with Crippen molar-refractivity contribution in [3.63, 3.8) is 0 Å². The van der Waals surface area contributed by atoms with Crippen LogP contribution in [0.4, 0.5) is 56.1 Å². The molecule has 0 unspecified atom stereocenters. The molecule has 2 aliphatic rings. The van der Waals surface area contributed by atoms with Crippen LogP contribution in [0.1, 0.15) is 33.8 Å². The van der Waals surface area contributed by atoms with Crippen LogP contribution in [0.3, 0.4) is 0 Å². The van der Waals surface area contributed by atoms with Gasteiger partial charge in [0, 0.05) is 59.8 Å². The lowest BCUT2D eigenvalue weighted by Crippen LogP contribution is -2.48. The number of nitrogens with zero attached hydrogens (tertiary/aromatic N) is 6. The van der Waals surface area contributed by atoms with Crippen molar-refractivity contribution in [1.29, 1.82) is 0 Å². The largest absolute Gasteiger partial charge is 0.415 e. The number of amides is 5. The molecule has 65 heavy (non-hydrogen) atoms. The molecule has 4 aromatic carbocycles. The fourth-order valence-electron chi connectivity index (χ4n) is 6.46. The molecular formula is C43H39F8N7O7. The van der Waals surface area contributed by atoms with Crippen molar-refractivity contribution in [2.75, 3.05) is 69.0 Å². The average Bonchev–Trinajstić information content (AvgIpc) is 3.81. The van der Waals surface area contributed by atoms with Crippen LogP contribution in [-0.4, -0.2) is 109 Å². The molecule has 5 amide bonds. The third-order valence-corrected chi connectivity index (χ3v) is 9.85. The van der Waals surface area contributed by atoms with E-state index in [-0.39, 0.29) is 52.6 Å². The van der Waals surface area contributed by atoms with E-state index in [1.54, 1.807) is 16.3 Å². The summed E-state index contributed by atoms with van der Waals surface area (Å²) in [6.07, 6.45) is -6.21. The zero-order chi connectivity index (χ0) is 46.6. The van der Waals surface area contributed by atoms with Gasteiger partial charge in [0.25, 0.3) is 11.8 Å². The number of carbonyl (C=O) groups excluding carboxylic acids is 4. The lowest BCUT2D eigenvalue weighted by molar-refractivity contribution is -0.131. The molecule has 0 atom stereocenters. The van der Waals surface area contributed by atoms with Gasteiger partial charge in [-0.05, 0) is 54.6 Å². The molecule has 344 valence electrons. The summed E-state index contributed by atoms with van der Waals surface area (Å²) in [7, 11) is 0. The number of urea groups is 2. The standard InChI is InChI=1S/C22H21F4N3O4.C21H18F4N4O3/c23-16-2-1-3-17(11-16)29(22(32)28-6-8-33-9-7-28)13-15-5-4-14(10-18(15)24)19(30)12-27-21(31)20(25)26;22-15-2-1-3-16(11-15)29(21(30)28-6-8-31-9-7-28)12-14-5-4-13(10-17(14)23)19-26-27-20(32-19)18(24)25/h1-5,10-11,20H,6-9,12-13H2,(H,27,31);1-5,10-11,18H,6-9,12H2. The lowest BCUT2D eigenvalue weighted by atomic mass is 10.1. The van der Waals surface area contributed by atoms with Gasteiger partial charge in [0.05, 0.1) is 46.1 Å². The Bertz CT molecular complexity index is 2470. The molecule has 0 saturated carbocycles. The fourth-order valence-corrected chi connectivity index (χ4v) is 6.46. The number of aromatic nitrogens is 2. The molecule has 22 heteroatoms. The van der Waals surface area contributed by atoms with E-state index >= 15 is 0 Å². The number of carbonyl (C=O) groups is 4. The van der Waals surface area contributed by atoms with E-state index in [2.05, 4.69) is 10.2 Å². The molecule has 3 heterocycles. The van der Waals surface area contributed by atoms with Crippen molar-refractivity contribution >= 4 is 35.1 Å². The number of hydrogen-bond acceptors (Lipinski definition) is 9. The summed E-state index contributed by atoms with van der Waals surface area (Å²) in [5, 5.41) is 8.48. The number of rotatable bonds is 12. The van der Waals surface area contributed by atoms with Crippen molar-refractivity contribution in [3.8, 4) is 11.5 Å². The van der Waals surface area contributed by atoms with Crippen LogP contribution >= 0.6 is 0 Å².